The fourth-order valence-electron chi connectivity index (χ4n) is 2.03. The largest absolute Gasteiger partial charge is 0.399 e. The van der Waals surface area contributed by atoms with Crippen LogP contribution in [0.2, 0.25) is 0 Å². The topological polar surface area (TPSA) is 63.4 Å². The van der Waals surface area contributed by atoms with Crippen LogP contribution in [0.3, 0.4) is 0 Å². The zero-order chi connectivity index (χ0) is 14.0. The molecule has 1 aromatic rings. The Hall–Kier alpha value is -0.590. The van der Waals surface area contributed by atoms with Crippen LogP contribution < -0.4 is 5.73 Å². The summed E-state index contributed by atoms with van der Waals surface area (Å²) in [4.78, 5) is 0.310. The number of nitrogens with zero attached hydrogens (tertiary/aromatic N) is 1. The monoisotopic (exact) mass is 346 g/mol. The number of rotatable bonds is 6. The molecule has 4 nitrogen and oxygen atoms in total. The Morgan fingerprint density at radius 3 is 2.63 bits per heavy atom. The summed E-state index contributed by atoms with van der Waals surface area (Å²) in [7, 11) is -3.43. The van der Waals surface area contributed by atoms with Crippen molar-refractivity contribution < 1.29 is 8.42 Å². The molecule has 1 aliphatic rings. The molecule has 0 bridgehead atoms. The average Bonchev–Trinajstić information content (AvgIpc) is 3.13. The van der Waals surface area contributed by atoms with Gasteiger partial charge in [-0.1, -0.05) is 13.3 Å². The maximum absolute atomic E-state index is 12.7. The Labute approximate surface area is 123 Å². The second-order valence-electron chi connectivity index (χ2n) is 4.89. The Kier molecular flexibility index (Phi) is 4.53. The maximum Gasteiger partial charge on any atom is 0.244 e. The molecule has 1 aliphatic carbocycles. The zero-order valence-electron chi connectivity index (χ0n) is 11.0. The minimum atomic E-state index is -3.43. The van der Waals surface area contributed by atoms with E-state index in [0.717, 1.165) is 25.7 Å². The van der Waals surface area contributed by atoms with Gasteiger partial charge in [-0.15, -0.1) is 0 Å². The highest BCUT2D eigenvalue weighted by atomic mass is 79.9. The molecule has 19 heavy (non-hydrogen) atoms. The van der Waals surface area contributed by atoms with Gasteiger partial charge in [0.25, 0.3) is 0 Å². The van der Waals surface area contributed by atoms with Crippen molar-refractivity contribution >= 4 is 31.6 Å². The van der Waals surface area contributed by atoms with E-state index in [1.54, 1.807) is 22.5 Å². The zero-order valence-corrected chi connectivity index (χ0v) is 13.4. The van der Waals surface area contributed by atoms with E-state index in [9.17, 15) is 8.42 Å². The first-order valence-electron chi connectivity index (χ1n) is 6.53. The van der Waals surface area contributed by atoms with Gasteiger partial charge in [-0.3, -0.25) is 0 Å². The van der Waals surface area contributed by atoms with Gasteiger partial charge in [0.15, 0.2) is 0 Å². The van der Waals surface area contributed by atoms with Gasteiger partial charge < -0.3 is 5.73 Å². The van der Waals surface area contributed by atoms with E-state index in [-0.39, 0.29) is 6.04 Å². The standard InChI is InChI=1S/C13H19BrN2O2S/c1-2-3-8-16(11-5-6-11)19(17,18)13-7-4-10(15)9-12(13)14/h4,7,9,11H,2-3,5-6,8,15H2,1H3. The molecule has 0 aromatic heterocycles. The number of hydrogen-bond acceptors (Lipinski definition) is 3. The summed E-state index contributed by atoms with van der Waals surface area (Å²) < 4.78 is 27.6. The normalized spacial score (nSPS) is 15.9. The molecule has 0 atom stereocenters. The van der Waals surface area contributed by atoms with E-state index < -0.39 is 10.0 Å². The fraction of sp³-hybridized carbons (Fsp3) is 0.538. The van der Waals surface area contributed by atoms with Gasteiger partial charge in [0.05, 0.1) is 4.90 Å². The molecule has 0 unspecified atom stereocenters. The SMILES string of the molecule is CCCCN(C1CC1)S(=O)(=O)c1ccc(N)cc1Br. The first-order valence-corrected chi connectivity index (χ1v) is 8.77. The van der Waals surface area contributed by atoms with Gasteiger partial charge in [-0.25, -0.2) is 8.42 Å². The van der Waals surface area contributed by atoms with Crippen molar-refractivity contribution in [3.63, 3.8) is 0 Å². The van der Waals surface area contributed by atoms with Gasteiger partial charge in [0, 0.05) is 22.7 Å². The summed E-state index contributed by atoms with van der Waals surface area (Å²) in [6, 6.07) is 5.03. The van der Waals surface area contributed by atoms with Gasteiger partial charge in [-0.05, 0) is 53.4 Å². The van der Waals surface area contributed by atoms with Crippen LogP contribution in [0, 0.1) is 0 Å². The minimum Gasteiger partial charge on any atom is -0.399 e. The number of nitrogens with two attached hydrogens (primary N) is 1. The molecular formula is C13H19BrN2O2S. The van der Waals surface area contributed by atoms with Gasteiger partial charge >= 0.3 is 0 Å². The quantitative estimate of drug-likeness (QED) is 0.805. The minimum absolute atomic E-state index is 0.181. The predicted octanol–water partition coefficient (Wildman–Crippen LogP) is 2.98. The van der Waals surface area contributed by atoms with Crippen LogP contribution in [0.25, 0.3) is 0 Å². The molecule has 2 N–H and O–H groups in total. The maximum atomic E-state index is 12.7. The Morgan fingerprint density at radius 2 is 2.11 bits per heavy atom. The van der Waals surface area contributed by atoms with Gasteiger partial charge in [0.1, 0.15) is 0 Å². The van der Waals surface area contributed by atoms with Crippen molar-refractivity contribution in [2.45, 2.75) is 43.5 Å². The number of hydrogen-bond donors (Lipinski definition) is 1. The van der Waals surface area contributed by atoms with Crippen molar-refractivity contribution in [3.8, 4) is 0 Å². The van der Waals surface area contributed by atoms with Crippen LogP contribution in [0.15, 0.2) is 27.6 Å². The molecule has 106 valence electrons. The third kappa shape index (κ3) is 3.30. The molecule has 1 saturated carbocycles. The molecule has 0 saturated heterocycles. The number of nitrogen functional groups attached to an aromatic ring is 1. The van der Waals surface area contributed by atoms with Gasteiger partial charge in [-0.2, -0.15) is 4.31 Å². The Balaban J connectivity index is 2.33. The van der Waals surface area contributed by atoms with Crippen LogP contribution >= 0.6 is 15.9 Å². The van der Waals surface area contributed by atoms with E-state index in [2.05, 4.69) is 22.9 Å². The van der Waals surface area contributed by atoms with Crippen LogP contribution in [0.5, 0.6) is 0 Å². The number of unbranched alkanes of at least 4 members (excludes halogenated alkanes) is 1. The van der Waals surface area contributed by atoms with Crippen molar-refractivity contribution in [3.05, 3.63) is 22.7 Å². The molecule has 0 radical (unpaired) electrons. The van der Waals surface area contributed by atoms with Gasteiger partial charge in [0.2, 0.25) is 10.0 Å². The lowest BCUT2D eigenvalue weighted by atomic mass is 10.3. The molecule has 1 aromatic carbocycles. The van der Waals surface area contributed by atoms with Crippen LogP contribution in [-0.2, 0) is 10.0 Å². The number of benzene rings is 1. The number of halogens is 1. The van der Waals surface area contributed by atoms with Crippen LogP contribution in [-0.4, -0.2) is 25.3 Å². The van der Waals surface area contributed by atoms with E-state index >= 15 is 0 Å². The lowest BCUT2D eigenvalue weighted by molar-refractivity contribution is 0.395. The summed E-state index contributed by atoms with van der Waals surface area (Å²) in [5, 5.41) is 0. The molecule has 1 fully saturated rings. The van der Waals surface area contributed by atoms with Crippen molar-refractivity contribution in [2.75, 3.05) is 12.3 Å². The Morgan fingerprint density at radius 1 is 1.42 bits per heavy atom. The van der Waals surface area contributed by atoms with E-state index in [1.807, 2.05) is 0 Å². The van der Waals surface area contributed by atoms with Crippen molar-refractivity contribution in [1.29, 1.82) is 0 Å². The third-order valence-corrected chi connectivity index (χ3v) is 6.16. The first kappa shape index (κ1) is 14.8. The predicted molar refractivity (Wildman–Crippen MR) is 80.4 cm³/mol. The van der Waals surface area contributed by atoms with E-state index in [0.29, 0.717) is 21.6 Å². The summed E-state index contributed by atoms with van der Waals surface area (Å²) >= 11 is 3.30. The van der Waals surface area contributed by atoms with E-state index in [4.69, 9.17) is 5.73 Å². The molecule has 0 heterocycles. The number of sulfonamides is 1. The summed E-state index contributed by atoms with van der Waals surface area (Å²) in [5.74, 6) is 0. The van der Waals surface area contributed by atoms with Crippen LogP contribution in [0.1, 0.15) is 32.6 Å². The number of anilines is 1. The molecule has 6 heteroatoms. The van der Waals surface area contributed by atoms with Crippen molar-refractivity contribution in [1.82, 2.24) is 4.31 Å². The molecular weight excluding hydrogens is 328 g/mol. The molecule has 0 aliphatic heterocycles. The Bertz CT molecular complexity index is 556. The second kappa shape index (κ2) is 5.81. The first-order chi connectivity index (χ1) is 8.96. The average molecular weight is 347 g/mol. The smallest absolute Gasteiger partial charge is 0.244 e. The van der Waals surface area contributed by atoms with Crippen molar-refractivity contribution in [2.24, 2.45) is 0 Å². The molecule has 2 rings (SSSR count). The van der Waals surface area contributed by atoms with E-state index in [1.165, 1.54) is 0 Å². The lowest BCUT2D eigenvalue weighted by Crippen LogP contribution is -2.34. The second-order valence-corrected chi connectivity index (χ2v) is 7.60. The third-order valence-electron chi connectivity index (χ3n) is 3.23. The molecule has 0 amide bonds. The highest BCUT2D eigenvalue weighted by molar-refractivity contribution is 9.10. The summed E-state index contributed by atoms with van der Waals surface area (Å²) in [6.07, 6.45) is 3.81. The summed E-state index contributed by atoms with van der Waals surface area (Å²) in [6.45, 7) is 2.66. The fourth-order valence-corrected chi connectivity index (χ4v) is 4.81. The van der Waals surface area contributed by atoms with Crippen LogP contribution in [0.4, 0.5) is 5.69 Å². The summed E-state index contributed by atoms with van der Waals surface area (Å²) in [5.41, 5.74) is 6.21. The molecule has 0 spiro atoms. The lowest BCUT2D eigenvalue weighted by Gasteiger charge is -2.22. The highest BCUT2D eigenvalue weighted by Gasteiger charge is 2.38. The highest BCUT2D eigenvalue weighted by Crippen LogP contribution is 2.35.